The summed E-state index contributed by atoms with van der Waals surface area (Å²) in [7, 11) is 0. The Kier molecular flexibility index (Phi) is 7.18. The van der Waals surface area contributed by atoms with Crippen molar-refractivity contribution in [1.82, 2.24) is 0 Å². The van der Waals surface area contributed by atoms with Crippen LogP contribution in [0.15, 0.2) is 0 Å². The molecule has 0 amide bonds. The fourth-order valence-electron chi connectivity index (χ4n) is 3.47. The minimum Gasteiger partial charge on any atom is -0.330 e. The van der Waals surface area contributed by atoms with Gasteiger partial charge in [-0.2, -0.15) is 0 Å². The van der Waals surface area contributed by atoms with Crippen molar-refractivity contribution in [3.8, 4) is 0 Å². The van der Waals surface area contributed by atoms with Crippen LogP contribution in [0.4, 0.5) is 0 Å². The summed E-state index contributed by atoms with van der Waals surface area (Å²) in [6.45, 7) is 7.99. The van der Waals surface area contributed by atoms with E-state index < -0.39 is 0 Å². The van der Waals surface area contributed by atoms with Crippen LogP contribution in [0.3, 0.4) is 0 Å². The zero-order chi connectivity index (χ0) is 12.7. The summed E-state index contributed by atoms with van der Waals surface area (Å²) in [4.78, 5) is 0. The first-order chi connectivity index (χ1) is 8.19. The smallest absolute Gasteiger partial charge is 0.00462 e. The maximum Gasteiger partial charge on any atom is -0.00462 e. The highest BCUT2D eigenvalue weighted by Gasteiger charge is 2.30. The van der Waals surface area contributed by atoms with E-state index in [2.05, 4.69) is 20.8 Å². The van der Waals surface area contributed by atoms with Crippen molar-refractivity contribution < 1.29 is 0 Å². The molecule has 102 valence electrons. The topological polar surface area (TPSA) is 26.0 Å². The molecular weight excluding hydrogens is 206 g/mol. The van der Waals surface area contributed by atoms with Gasteiger partial charge >= 0.3 is 0 Å². The third kappa shape index (κ3) is 4.99. The molecular formula is C16H33N. The molecule has 1 aliphatic carbocycles. The van der Waals surface area contributed by atoms with Crippen LogP contribution in [-0.4, -0.2) is 6.54 Å². The monoisotopic (exact) mass is 239 g/mol. The van der Waals surface area contributed by atoms with Crippen LogP contribution in [0.5, 0.6) is 0 Å². The molecule has 3 unspecified atom stereocenters. The first-order valence-electron chi connectivity index (χ1n) is 7.89. The molecule has 1 aliphatic rings. The molecule has 1 rings (SSSR count). The molecule has 17 heavy (non-hydrogen) atoms. The van der Waals surface area contributed by atoms with Crippen LogP contribution in [0, 0.1) is 23.7 Å². The molecule has 0 heterocycles. The molecule has 0 aromatic heterocycles. The second-order valence-corrected chi connectivity index (χ2v) is 6.42. The zero-order valence-corrected chi connectivity index (χ0v) is 12.3. The maximum atomic E-state index is 5.95. The van der Waals surface area contributed by atoms with Gasteiger partial charge in [-0.25, -0.2) is 0 Å². The van der Waals surface area contributed by atoms with E-state index in [1.165, 1.54) is 51.4 Å². The molecule has 2 N–H and O–H groups in total. The lowest BCUT2D eigenvalue weighted by Gasteiger charge is -2.37. The second-order valence-electron chi connectivity index (χ2n) is 6.42. The predicted molar refractivity (Wildman–Crippen MR) is 77.0 cm³/mol. The molecule has 0 aliphatic heterocycles. The molecule has 3 atom stereocenters. The van der Waals surface area contributed by atoms with Crippen molar-refractivity contribution in [2.24, 2.45) is 29.4 Å². The van der Waals surface area contributed by atoms with Crippen LogP contribution in [0.1, 0.15) is 72.1 Å². The quantitative estimate of drug-likeness (QED) is 0.645. The Bertz CT molecular complexity index is 188. The van der Waals surface area contributed by atoms with Crippen molar-refractivity contribution in [1.29, 1.82) is 0 Å². The van der Waals surface area contributed by atoms with E-state index in [1.54, 1.807) is 0 Å². The summed E-state index contributed by atoms with van der Waals surface area (Å²) < 4.78 is 0. The van der Waals surface area contributed by atoms with E-state index in [9.17, 15) is 0 Å². The van der Waals surface area contributed by atoms with Gasteiger partial charge in [0.15, 0.2) is 0 Å². The molecule has 0 radical (unpaired) electrons. The lowest BCUT2D eigenvalue weighted by atomic mass is 9.69. The van der Waals surface area contributed by atoms with E-state index in [1.807, 2.05) is 0 Å². The van der Waals surface area contributed by atoms with Crippen molar-refractivity contribution >= 4 is 0 Å². The molecule has 0 aromatic rings. The fourth-order valence-corrected chi connectivity index (χ4v) is 3.47. The first kappa shape index (κ1) is 15.0. The molecule has 0 saturated heterocycles. The predicted octanol–water partition coefficient (Wildman–Crippen LogP) is 4.60. The molecule has 1 fully saturated rings. The number of rotatable bonds is 7. The minimum absolute atomic E-state index is 0.826. The van der Waals surface area contributed by atoms with Crippen LogP contribution < -0.4 is 5.73 Å². The maximum absolute atomic E-state index is 5.95. The summed E-state index contributed by atoms with van der Waals surface area (Å²) in [5.74, 6) is 3.59. The van der Waals surface area contributed by atoms with Crippen molar-refractivity contribution in [3.05, 3.63) is 0 Å². The number of unbranched alkanes of at least 4 members (excludes halogenated alkanes) is 3. The van der Waals surface area contributed by atoms with Crippen molar-refractivity contribution in [2.75, 3.05) is 6.54 Å². The first-order valence-corrected chi connectivity index (χ1v) is 7.89. The zero-order valence-electron chi connectivity index (χ0n) is 12.3. The van der Waals surface area contributed by atoms with Gasteiger partial charge in [-0.3, -0.25) is 0 Å². The molecule has 0 bridgehead atoms. The van der Waals surface area contributed by atoms with Gasteiger partial charge < -0.3 is 5.73 Å². The summed E-state index contributed by atoms with van der Waals surface area (Å²) in [6, 6.07) is 0. The highest BCUT2D eigenvalue weighted by atomic mass is 14.6. The SMILES string of the molecule is CCCCCCC1CC(C(C)C)CCC1CN. The van der Waals surface area contributed by atoms with E-state index in [0.717, 1.165) is 30.2 Å². The summed E-state index contributed by atoms with van der Waals surface area (Å²) in [6.07, 6.45) is 11.3. The standard InChI is InChI=1S/C16H33N/c1-4-5-6-7-8-15-11-14(13(2)3)9-10-16(15)12-17/h13-16H,4-12,17H2,1-3H3. The fraction of sp³-hybridized carbons (Fsp3) is 1.00. The van der Waals surface area contributed by atoms with Gasteiger partial charge in [0, 0.05) is 0 Å². The largest absolute Gasteiger partial charge is 0.330 e. The summed E-state index contributed by atoms with van der Waals surface area (Å²) >= 11 is 0. The number of nitrogens with two attached hydrogens (primary N) is 1. The van der Waals surface area contributed by atoms with Gasteiger partial charge in [-0.1, -0.05) is 52.9 Å². The van der Waals surface area contributed by atoms with Gasteiger partial charge in [-0.05, 0) is 49.5 Å². The average molecular weight is 239 g/mol. The molecule has 1 heteroatoms. The number of hydrogen-bond donors (Lipinski definition) is 1. The van der Waals surface area contributed by atoms with Gasteiger partial charge in [0.1, 0.15) is 0 Å². The Balaban J connectivity index is 2.34. The lowest BCUT2D eigenvalue weighted by Crippen LogP contribution is -2.32. The Labute approximate surface area is 109 Å². The van der Waals surface area contributed by atoms with Crippen LogP contribution in [-0.2, 0) is 0 Å². The summed E-state index contributed by atoms with van der Waals surface area (Å²) in [5, 5.41) is 0. The highest BCUT2D eigenvalue weighted by molar-refractivity contribution is 4.82. The Morgan fingerprint density at radius 1 is 1.06 bits per heavy atom. The van der Waals surface area contributed by atoms with E-state index in [0.29, 0.717) is 0 Å². The molecule has 0 aromatic carbocycles. The third-order valence-corrected chi connectivity index (χ3v) is 4.85. The summed E-state index contributed by atoms with van der Waals surface area (Å²) in [5.41, 5.74) is 5.95. The Morgan fingerprint density at radius 3 is 2.41 bits per heavy atom. The van der Waals surface area contributed by atoms with Gasteiger partial charge in [0.05, 0.1) is 0 Å². The highest BCUT2D eigenvalue weighted by Crippen LogP contribution is 2.39. The van der Waals surface area contributed by atoms with Crippen LogP contribution in [0.25, 0.3) is 0 Å². The van der Waals surface area contributed by atoms with Gasteiger partial charge in [-0.15, -0.1) is 0 Å². The Morgan fingerprint density at radius 2 is 1.82 bits per heavy atom. The van der Waals surface area contributed by atoms with Crippen molar-refractivity contribution in [2.45, 2.75) is 72.1 Å². The minimum atomic E-state index is 0.826. The van der Waals surface area contributed by atoms with Crippen LogP contribution in [0.2, 0.25) is 0 Å². The molecule has 1 saturated carbocycles. The van der Waals surface area contributed by atoms with Crippen LogP contribution >= 0.6 is 0 Å². The van der Waals surface area contributed by atoms with E-state index in [-0.39, 0.29) is 0 Å². The van der Waals surface area contributed by atoms with Crippen molar-refractivity contribution in [3.63, 3.8) is 0 Å². The Hall–Kier alpha value is -0.0400. The van der Waals surface area contributed by atoms with E-state index >= 15 is 0 Å². The number of hydrogen-bond acceptors (Lipinski definition) is 1. The lowest BCUT2D eigenvalue weighted by molar-refractivity contribution is 0.141. The normalized spacial score (nSPS) is 29.8. The molecule has 1 nitrogen and oxygen atoms in total. The molecule has 0 spiro atoms. The third-order valence-electron chi connectivity index (χ3n) is 4.85. The van der Waals surface area contributed by atoms with Gasteiger partial charge in [0.25, 0.3) is 0 Å². The van der Waals surface area contributed by atoms with E-state index in [4.69, 9.17) is 5.73 Å². The average Bonchev–Trinajstić information content (AvgIpc) is 2.34. The van der Waals surface area contributed by atoms with Gasteiger partial charge in [0.2, 0.25) is 0 Å². The second kappa shape index (κ2) is 8.13.